The molecule has 3 heterocycles. The number of hydrogen-bond donors (Lipinski definition) is 0. The van der Waals surface area contributed by atoms with Gasteiger partial charge in [0.05, 0.1) is 5.69 Å². The minimum Gasteiger partial charge on any atom is -0.460 e. The van der Waals surface area contributed by atoms with Crippen molar-refractivity contribution in [3.63, 3.8) is 0 Å². The van der Waals surface area contributed by atoms with Gasteiger partial charge in [-0.2, -0.15) is 5.10 Å². The van der Waals surface area contributed by atoms with E-state index in [0.717, 1.165) is 5.76 Å². The Bertz CT molecular complexity index is 970. The Morgan fingerprint density at radius 3 is 2.52 bits per heavy atom. The first-order valence-corrected chi connectivity index (χ1v) is 8.92. The van der Waals surface area contributed by atoms with Crippen LogP contribution < -0.4 is 4.90 Å². The van der Waals surface area contributed by atoms with Gasteiger partial charge in [-0.15, -0.1) is 0 Å². The molecule has 0 saturated carbocycles. The molecule has 7 heteroatoms. The lowest BCUT2D eigenvalue weighted by Gasteiger charge is -2.36. The zero-order chi connectivity index (χ0) is 19.0. The number of benzene rings is 1. The van der Waals surface area contributed by atoms with Gasteiger partial charge in [-0.05, 0) is 31.2 Å². The van der Waals surface area contributed by atoms with Crippen LogP contribution in [0.25, 0.3) is 11.5 Å². The Morgan fingerprint density at radius 1 is 1.11 bits per heavy atom. The number of aryl methyl sites for hydroxylation is 2. The van der Waals surface area contributed by atoms with Crippen molar-refractivity contribution in [3.05, 3.63) is 59.7 Å². The van der Waals surface area contributed by atoms with Crippen molar-refractivity contribution in [2.75, 3.05) is 31.1 Å². The van der Waals surface area contributed by atoms with Crippen LogP contribution in [0.1, 0.15) is 16.2 Å². The van der Waals surface area contributed by atoms with Crippen molar-refractivity contribution in [1.82, 2.24) is 14.7 Å². The van der Waals surface area contributed by atoms with E-state index in [-0.39, 0.29) is 11.7 Å². The summed E-state index contributed by atoms with van der Waals surface area (Å²) in [4.78, 5) is 16.7. The van der Waals surface area contributed by atoms with Crippen LogP contribution >= 0.6 is 0 Å². The van der Waals surface area contributed by atoms with E-state index in [1.807, 2.05) is 30.0 Å². The third-order valence-corrected chi connectivity index (χ3v) is 4.85. The van der Waals surface area contributed by atoms with E-state index in [0.29, 0.717) is 49.0 Å². The topological polar surface area (TPSA) is 54.5 Å². The number of amides is 1. The van der Waals surface area contributed by atoms with Crippen LogP contribution in [0.4, 0.5) is 10.1 Å². The highest BCUT2D eigenvalue weighted by Gasteiger charge is 2.26. The second kappa shape index (κ2) is 6.90. The standard InChI is InChI=1S/C20H21FN4O2/c1-14-7-8-19(27-14)16-13-18(23(2)22-16)20(26)25-11-9-24(10-12-25)17-6-4-3-5-15(17)21/h3-8,13H,9-12H2,1-2H3. The largest absolute Gasteiger partial charge is 0.460 e. The van der Waals surface area contributed by atoms with Crippen LogP contribution in [0, 0.1) is 12.7 Å². The molecule has 4 rings (SSSR count). The molecule has 0 aliphatic carbocycles. The maximum absolute atomic E-state index is 14.0. The molecule has 1 amide bonds. The van der Waals surface area contributed by atoms with Gasteiger partial charge in [0.25, 0.3) is 5.91 Å². The Hall–Kier alpha value is -3.09. The Labute approximate surface area is 156 Å². The summed E-state index contributed by atoms with van der Waals surface area (Å²) < 4.78 is 21.1. The van der Waals surface area contributed by atoms with Gasteiger partial charge in [0.1, 0.15) is 23.0 Å². The average Bonchev–Trinajstić information content (AvgIpc) is 3.27. The number of para-hydroxylation sites is 1. The fourth-order valence-electron chi connectivity index (χ4n) is 3.38. The number of anilines is 1. The normalized spacial score (nSPS) is 14.6. The summed E-state index contributed by atoms with van der Waals surface area (Å²) in [6.45, 7) is 4.12. The van der Waals surface area contributed by atoms with Crippen molar-refractivity contribution < 1.29 is 13.6 Å². The highest BCUT2D eigenvalue weighted by Crippen LogP contribution is 2.23. The summed E-state index contributed by atoms with van der Waals surface area (Å²) in [5.74, 6) is 1.13. The van der Waals surface area contributed by atoms with E-state index < -0.39 is 0 Å². The maximum Gasteiger partial charge on any atom is 0.272 e. The van der Waals surface area contributed by atoms with E-state index in [1.54, 1.807) is 34.8 Å². The summed E-state index contributed by atoms with van der Waals surface area (Å²) in [6.07, 6.45) is 0. The quantitative estimate of drug-likeness (QED) is 0.713. The molecule has 6 nitrogen and oxygen atoms in total. The van der Waals surface area contributed by atoms with E-state index in [4.69, 9.17) is 4.42 Å². The summed E-state index contributed by atoms with van der Waals surface area (Å²) in [5.41, 5.74) is 1.73. The highest BCUT2D eigenvalue weighted by molar-refractivity contribution is 5.93. The highest BCUT2D eigenvalue weighted by atomic mass is 19.1. The van der Waals surface area contributed by atoms with Gasteiger partial charge < -0.3 is 14.2 Å². The van der Waals surface area contributed by atoms with E-state index in [2.05, 4.69) is 5.10 Å². The zero-order valence-corrected chi connectivity index (χ0v) is 15.4. The summed E-state index contributed by atoms with van der Waals surface area (Å²) in [7, 11) is 1.75. The molecule has 0 spiro atoms. The van der Waals surface area contributed by atoms with Crippen LogP contribution in [0.3, 0.4) is 0 Å². The summed E-state index contributed by atoms with van der Waals surface area (Å²) in [6, 6.07) is 12.2. The van der Waals surface area contributed by atoms with Gasteiger partial charge in [0.15, 0.2) is 5.76 Å². The Kier molecular flexibility index (Phi) is 4.43. The predicted octanol–water partition coefficient (Wildman–Crippen LogP) is 3.09. The van der Waals surface area contributed by atoms with Gasteiger partial charge in [0.2, 0.25) is 0 Å². The van der Waals surface area contributed by atoms with Gasteiger partial charge in [-0.25, -0.2) is 4.39 Å². The number of furan rings is 1. The molecule has 1 fully saturated rings. The molecule has 0 atom stereocenters. The SMILES string of the molecule is Cc1ccc(-c2cc(C(=O)N3CCN(c4ccccc4F)CC3)n(C)n2)o1. The van der Waals surface area contributed by atoms with Gasteiger partial charge >= 0.3 is 0 Å². The van der Waals surface area contributed by atoms with Crippen LogP contribution in [0.2, 0.25) is 0 Å². The fraction of sp³-hybridized carbons (Fsp3) is 0.300. The van der Waals surface area contributed by atoms with Crippen LogP contribution in [0.15, 0.2) is 46.9 Å². The molecule has 1 aliphatic rings. The van der Waals surface area contributed by atoms with E-state index >= 15 is 0 Å². The van der Waals surface area contributed by atoms with Crippen molar-refractivity contribution in [2.45, 2.75) is 6.92 Å². The molecule has 0 bridgehead atoms. The van der Waals surface area contributed by atoms with Crippen LogP contribution in [-0.4, -0.2) is 46.8 Å². The van der Waals surface area contributed by atoms with Crippen molar-refractivity contribution in [1.29, 1.82) is 0 Å². The molecule has 1 aromatic carbocycles. The molecule has 3 aromatic rings. The lowest BCUT2D eigenvalue weighted by Crippen LogP contribution is -2.49. The minimum absolute atomic E-state index is 0.0762. The molecular formula is C20H21FN4O2. The third-order valence-electron chi connectivity index (χ3n) is 4.85. The molecule has 0 N–H and O–H groups in total. The lowest BCUT2D eigenvalue weighted by atomic mass is 10.2. The number of piperazine rings is 1. The first kappa shape index (κ1) is 17.3. The molecule has 1 aliphatic heterocycles. The number of aromatic nitrogens is 2. The fourth-order valence-corrected chi connectivity index (χ4v) is 3.38. The lowest BCUT2D eigenvalue weighted by molar-refractivity contribution is 0.0735. The van der Waals surface area contributed by atoms with E-state index in [9.17, 15) is 9.18 Å². The maximum atomic E-state index is 14.0. The monoisotopic (exact) mass is 368 g/mol. The molecule has 140 valence electrons. The first-order valence-electron chi connectivity index (χ1n) is 8.92. The van der Waals surface area contributed by atoms with Gasteiger partial charge in [-0.3, -0.25) is 9.48 Å². The van der Waals surface area contributed by atoms with Gasteiger partial charge in [-0.1, -0.05) is 12.1 Å². The number of rotatable bonds is 3. The molecule has 0 unspecified atom stereocenters. The minimum atomic E-state index is -0.234. The average molecular weight is 368 g/mol. The molecule has 1 saturated heterocycles. The molecular weight excluding hydrogens is 347 g/mol. The van der Waals surface area contributed by atoms with Crippen molar-refractivity contribution >= 4 is 11.6 Å². The smallest absolute Gasteiger partial charge is 0.272 e. The number of carbonyl (C=O) groups is 1. The predicted molar refractivity (Wildman–Crippen MR) is 100 cm³/mol. The molecule has 0 radical (unpaired) electrons. The third kappa shape index (κ3) is 3.32. The second-order valence-electron chi connectivity index (χ2n) is 6.68. The number of hydrogen-bond acceptors (Lipinski definition) is 4. The van der Waals surface area contributed by atoms with Crippen LogP contribution in [-0.2, 0) is 7.05 Å². The number of carbonyl (C=O) groups excluding carboxylic acids is 1. The van der Waals surface area contributed by atoms with Crippen molar-refractivity contribution in [3.8, 4) is 11.5 Å². The van der Waals surface area contributed by atoms with Crippen molar-refractivity contribution in [2.24, 2.45) is 7.05 Å². The molecule has 27 heavy (non-hydrogen) atoms. The number of halogens is 1. The van der Waals surface area contributed by atoms with Gasteiger partial charge in [0, 0.05) is 39.3 Å². The molecule has 2 aromatic heterocycles. The second-order valence-corrected chi connectivity index (χ2v) is 6.68. The summed E-state index contributed by atoms with van der Waals surface area (Å²) in [5, 5.41) is 4.40. The van der Waals surface area contributed by atoms with E-state index in [1.165, 1.54) is 6.07 Å². The first-order chi connectivity index (χ1) is 13.0. The number of nitrogens with zero attached hydrogens (tertiary/aromatic N) is 4. The zero-order valence-electron chi connectivity index (χ0n) is 15.4. The Morgan fingerprint density at radius 2 is 1.85 bits per heavy atom. The summed E-state index contributed by atoms with van der Waals surface area (Å²) >= 11 is 0. The Balaban J connectivity index is 1.47. The van der Waals surface area contributed by atoms with Crippen LogP contribution in [0.5, 0.6) is 0 Å².